The molecule has 0 saturated carbocycles. The molecule has 0 aliphatic heterocycles. The molecule has 0 atom stereocenters. The lowest BCUT2D eigenvalue weighted by Crippen LogP contribution is -2.15. The van der Waals surface area contributed by atoms with Crippen LogP contribution in [-0.4, -0.2) is 16.1 Å². The fourth-order valence-corrected chi connectivity index (χ4v) is 3.17. The van der Waals surface area contributed by atoms with Gasteiger partial charge in [0, 0.05) is 5.69 Å². The minimum atomic E-state index is -0.307. The number of methoxy groups -OCH3 is 1. The first-order valence-corrected chi connectivity index (χ1v) is 8.51. The number of aromatic nitrogens is 2. The van der Waals surface area contributed by atoms with Crippen LogP contribution in [0.25, 0.3) is 0 Å². The summed E-state index contributed by atoms with van der Waals surface area (Å²) in [6, 6.07) is 12.7. The van der Waals surface area contributed by atoms with Crippen molar-refractivity contribution in [3.63, 3.8) is 0 Å². The molecule has 0 unspecified atom stereocenters. The van der Waals surface area contributed by atoms with Gasteiger partial charge in [-0.1, -0.05) is 35.3 Å². The van der Waals surface area contributed by atoms with Crippen LogP contribution in [-0.2, 0) is 6.54 Å². The summed E-state index contributed by atoms with van der Waals surface area (Å²) in [6.07, 6.45) is 0. The third kappa shape index (κ3) is 3.90. The molecule has 1 heterocycles. The predicted octanol–water partition coefficient (Wildman–Crippen LogP) is 4.41. The molecule has 3 aromatic rings. The molecule has 8 heteroatoms. The lowest BCUT2D eigenvalue weighted by Gasteiger charge is -2.04. The largest absolute Gasteiger partial charge is 0.497 e. The zero-order valence-electron chi connectivity index (χ0n) is 12.6. The van der Waals surface area contributed by atoms with Crippen molar-refractivity contribution in [1.82, 2.24) is 8.94 Å². The number of hydrogen-bond acceptors (Lipinski definition) is 5. The third-order valence-electron chi connectivity index (χ3n) is 3.26. The van der Waals surface area contributed by atoms with Crippen LogP contribution in [0.5, 0.6) is 5.75 Å². The molecule has 5 nitrogen and oxygen atoms in total. The summed E-state index contributed by atoms with van der Waals surface area (Å²) < 4.78 is 6.69. The summed E-state index contributed by atoms with van der Waals surface area (Å²) >= 11 is 13.1. The second-order valence-electron chi connectivity index (χ2n) is 4.93. The summed E-state index contributed by atoms with van der Waals surface area (Å²) in [5.74, 6) is 0.775. The molecule has 0 aliphatic carbocycles. The summed E-state index contributed by atoms with van der Waals surface area (Å²) in [5.41, 5.74) is 1.40. The van der Waals surface area contributed by atoms with E-state index in [1.54, 1.807) is 29.3 Å². The standard InChI is InChI=1S/C16H13Cl2N3O2S/c1-23-12-5-2-10(3-6-12)9-21-16(22)20-15(24-21)19-11-4-7-13(17)14(18)8-11/h2-8H,9H2,1H3,(H,19,20,22). The van der Waals surface area contributed by atoms with E-state index in [1.165, 1.54) is 11.5 Å². The van der Waals surface area contributed by atoms with Gasteiger partial charge in [0.05, 0.1) is 23.7 Å². The number of nitrogens with zero attached hydrogens (tertiary/aromatic N) is 2. The lowest BCUT2D eigenvalue weighted by molar-refractivity contribution is 0.414. The van der Waals surface area contributed by atoms with Crippen LogP contribution in [0.4, 0.5) is 10.8 Å². The van der Waals surface area contributed by atoms with Crippen LogP contribution in [0.15, 0.2) is 47.3 Å². The van der Waals surface area contributed by atoms with Crippen LogP contribution < -0.4 is 15.7 Å². The quantitative estimate of drug-likeness (QED) is 0.710. The Morgan fingerprint density at radius 2 is 1.92 bits per heavy atom. The van der Waals surface area contributed by atoms with E-state index in [4.69, 9.17) is 27.9 Å². The highest BCUT2D eigenvalue weighted by Crippen LogP contribution is 2.27. The average molecular weight is 382 g/mol. The van der Waals surface area contributed by atoms with Gasteiger partial charge in [-0.05, 0) is 47.4 Å². The molecule has 0 spiro atoms. The fraction of sp³-hybridized carbons (Fsp3) is 0.125. The Morgan fingerprint density at radius 3 is 2.58 bits per heavy atom. The van der Waals surface area contributed by atoms with Crippen LogP contribution in [0.2, 0.25) is 10.0 Å². The maximum atomic E-state index is 12.0. The Morgan fingerprint density at radius 1 is 1.17 bits per heavy atom. The van der Waals surface area contributed by atoms with Crippen molar-refractivity contribution < 1.29 is 4.74 Å². The van der Waals surface area contributed by atoms with Gasteiger partial charge < -0.3 is 10.1 Å². The van der Waals surface area contributed by atoms with Gasteiger partial charge in [-0.15, -0.1) is 0 Å². The molecular weight excluding hydrogens is 369 g/mol. The normalized spacial score (nSPS) is 10.6. The van der Waals surface area contributed by atoms with Gasteiger partial charge in [-0.2, -0.15) is 4.98 Å². The van der Waals surface area contributed by atoms with E-state index >= 15 is 0 Å². The molecule has 24 heavy (non-hydrogen) atoms. The number of anilines is 2. The Bertz CT molecular complexity index is 906. The maximum absolute atomic E-state index is 12.0. The van der Waals surface area contributed by atoms with Gasteiger partial charge in [0.15, 0.2) is 0 Å². The summed E-state index contributed by atoms with van der Waals surface area (Å²) in [7, 11) is 1.61. The second kappa shape index (κ2) is 7.25. The minimum absolute atomic E-state index is 0.307. The molecule has 0 bridgehead atoms. The number of halogens is 2. The first-order valence-electron chi connectivity index (χ1n) is 6.98. The van der Waals surface area contributed by atoms with Crippen molar-refractivity contribution in [3.05, 3.63) is 68.6 Å². The topological polar surface area (TPSA) is 56.1 Å². The maximum Gasteiger partial charge on any atom is 0.360 e. The second-order valence-corrected chi connectivity index (χ2v) is 6.75. The zero-order valence-corrected chi connectivity index (χ0v) is 15.0. The molecule has 1 aromatic heterocycles. The Kier molecular flexibility index (Phi) is 5.08. The van der Waals surface area contributed by atoms with Crippen LogP contribution in [0.1, 0.15) is 5.56 Å². The number of rotatable bonds is 5. The molecule has 0 aliphatic rings. The summed E-state index contributed by atoms with van der Waals surface area (Å²) in [6.45, 7) is 0.448. The highest BCUT2D eigenvalue weighted by atomic mass is 35.5. The number of hydrogen-bond donors (Lipinski definition) is 1. The van der Waals surface area contributed by atoms with Gasteiger partial charge in [-0.25, -0.2) is 8.75 Å². The van der Waals surface area contributed by atoms with Gasteiger partial charge in [0.1, 0.15) is 5.75 Å². The van der Waals surface area contributed by atoms with E-state index in [0.717, 1.165) is 17.0 Å². The van der Waals surface area contributed by atoms with E-state index in [9.17, 15) is 4.79 Å². The monoisotopic (exact) mass is 381 g/mol. The van der Waals surface area contributed by atoms with Gasteiger partial charge in [-0.3, -0.25) is 0 Å². The molecular formula is C16H13Cl2N3O2S. The van der Waals surface area contributed by atoms with Gasteiger partial charge >= 0.3 is 5.69 Å². The first-order chi connectivity index (χ1) is 11.5. The Balaban J connectivity index is 1.76. The minimum Gasteiger partial charge on any atom is -0.497 e. The molecule has 0 saturated heterocycles. The fourth-order valence-electron chi connectivity index (χ4n) is 2.05. The molecule has 124 valence electrons. The Hall–Kier alpha value is -2.02. The van der Waals surface area contributed by atoms with Crippen molar-refractivity contribution in [2.45, 2.75) is 6.54 Å². The lowest BCUT2D eigenvalue weighted by atomic mass is 10.2. The van der Waals surface area contributed by atoms with Crippen molar-refractivity contribution in [2.24, 2.45) is 0 Å². The highest BCUT2D eigenvalue weighted by molar-refractivity contribution is 7.10. The Labute approximate surface area is 152 Å². The molecule has 0 fully saturated rings. The third-order valence-corrected chi connectivity index (χ3v) is 4.87. The van der Waals surface area contributed by atoms with E-state index in [-0.39, 0.29) is 5.69 Å². The number of ether oxygens (including phenoxy) is 1. The van der Waals surface area contributed by atoms with Crippen LogP contribution in [0, 0.1) is 0 Å². The van der Waals surface area contributed by atoms with E-state index < -0.39 is 0 Å². The van der Waals surface area contributed by atoms with E-state index in [2.05, 4.69) is 10.3 Å². The molecule has 3 rings (SSSR count). The van der Waals surface area contributed by atoms with Gasteiger partial charge in [0.25, 0.3) is 0 Å². The SMILES string of the molecule is COc1ccc(Cn2sc(Nc3ccc(Cl)c(Cl)c3)nc2=O)cc1. The molecule has 1 N–H and O–H groups in total. The van der Waals surface area contributed by atoms with Crippen molar-refractivity contribution >= 4 is 45.6 Å². The molecule has 0 radical (unpaired) electrons. The zero-order chi connectivity index (χ0) is 17.1. The van der Waals surface area contributed by atoms with Crippen molar-refractivity contribution in [1.29, 1.82) is 0 Å². The summed E-state index contributed by atoms with van der Waals surface area (Å²) in [5, 5.41) is 4.46. The molecule has 2 aromatic carbocycles. The van der Waals surface area contributed by atoms with Crippen molar-refractivity contribution in [2.75, 3.05) is 12.4 Å². The first kappa shape index (κ1) is 16.8. The average Bonchev–Trinajstić information content (AvgIpc) is 2.91. The molecule has 0 amide bonds. The van der Waals surface area contributed by atoms with Crippen LogP contribution in [0.3, 0.4) is 0 Å². The number of nitrogens with one attached hydrogen (secondary N) is 1. The van der Waals surface area contributed by atoms with E-state index in [1.807, 2.05) is 24.3 Å². The van der Waals surface area contributed by atoms with Crippen LogP contribution >= 0.6 is 34.7 Å². The predicted molar refractivity (Wildman–Crippen MR) is 98.2 cm³/mol. The smallest absolute Gasteiger partial charge is 0.360 e. The number of benzene rings is 2. The van der Waals surface area contributed by atoms with Gasteiger partial charge in [0.2, 0.25) is 5.13 Å². The van der Waals surface area contributed by atoms with E-state index in [0.29, 0.717) is 21.7 Å². The summed E-state index contributed by atoms with van der Waals surface area (Å²) in [4.78, 5) is 16.0. The highest BCUT2D eigenvalue weighted by Gasteiger charge is 2.08. The van der Waals surface area contributed by atoms with Crippen molar-refractivity contribution in [3.8, 4) is 5.75 Å².